The predicted molar refractivity (Wildman–Crippen MR) is 96.4 cm³/mol. The second-order valence-electron chi connectivity index (χ2n) is 7.53. The van der Waals surface area contributed by atoms with E-state index >= 15 is 0 Å². The number of alkyl carbamates (subject to hydrolysis) is 1. The van der Waals surface area contributed by atoms with Gasteiger partial charge < -0.3 is 10.1 Å². The van der Waals surface area contributed by atoms with Crippen molar-refractivity contribution in [3.8, 4) is 0 Å². The molecule has 1 saturated carbocycles. The van der Waals surface area contributed by atoms with Gasteiger partial charge >= 0.3 is 6.09 Å². The minimum absolute atomic E-state index is 0.00343. The molecule has 1 fully saturated rings. The number of fused-ring (bicyclic) bond motifs is 1. The third-order valence-electron chi connectivity index (χ3n) is 5.82. The Bertz CT molecular complexity index is 632. The van der Waals surface area contributed by atoms with Gasteiger partial charge in [-0.3, -0.25) is 0 Å². The van der Waals surface area contributed by atoms with Crippen LogP contribution in [0.3, 0.4) is 0 Å². The van der Waals surface area contributed by atoms with Gasteiger partial charge in [-0.05, 0) is 47.6 Å². The number of benzene rings is 1. The van der Waals surface area contributed by atoms with E-state index in [2.05, 4.69) is 31.8 Å². The van der Waals surface area contributed by atoms with Gasteiger partial charge in [0, 0.05) is 0 Å². The first-order valence-electron chi connectivity index (χ1n) is 8.80. The summed E-state index contributed by atoms with van der Waals surface area (Å²) in [7, 11) is 0. The number of hydrogen-bond donors (Lipinski definition) is 1. The Morgan fingerprint density at radius 3 is 2.79 bits per heavy atom. The van der Waals surface area contributed by atoms with Gasteiger partial charge in [0.2, 0.25) is 0 Å². The quantitative estimate of drug-likeness (QED) is 0.759. The largest absolute Gasteiger partial charge is 0.445 e. The number of carbonyl (C=O) groups is 1. The molecule has 0 aromatic heterocycles. The third kappa shape index (κ3) is 3.26. The van der Waals surface area contributed by atoms with Crippen LogP contribution in [0.1, 0.15) is 38.7 Å². The Balaban J connectivity index is 1.61. The third-order valence-corrected chi connectivity index (χ3v) is 5.82. The van der Waals surface area contributed by atoms with E-state index in [0.717, 1.165) is 24.3 Å². The molecule has 0 heterocycles. The molecule has 3 aliphatic rings. The predicted octanol–water partition coefficient (Wildman–Crippen LogP) is 4.85. The number of allylic oxidation sites excluding steroid dienone is 1. The van der Waals surface area contributed by atoms with Gasteiger partial charge in [0.05, 0.1) is 6.04 Å². The van der Waals surface area contributed by atoms with Crippen molar-refractivity contribution in [2.75, 3.05) is 0 Å². The highest BCUT2D eigenvalue weighted by molar-refractivity contribution is 5.68. The van der Waals surface area contributed by atoms with Crippen molar-refractivity contribution in [3.63, 3.8) is 0 Å². The molecule has 1 N–H and O–H groups in total. The van der Waals surface area contributed by atoms with Crippen LogP contribution in [0.15, 0.2) is 54.6 Å². The molecule has 3 atom stereocenters. The maximum Gasteiger partial charge on any atom is 0.407 e. The van der Waals surface area contributed by atoms with Crippen LogP contribution in [0.5, 0.6) is 0 Å². The van der Waals surface area contributed by atoms with E-state index in [1.807, 2.05) is 36.4 Å². The zero-order valence-corrected chi connectivity index (χ0v) is 14.6. The molecule has 3 aliphatic carbocycles. The van der Waals surface area contributed by atoms with Crippen molar-refractivity contribution in [2.24, 2.45) is 17.3 Å². The monoisotopic (exact) mass is 325 g/mol. The van der Waals surface area contributed by atoms with Crippen molar-refractivity contribution in [3.05, 3.63) is 60.2 Å². The average Bonchev–Trinajstić information content (AvgIpc) is 2.60. The van der Waals surface area contributed by atoms with Gasteiger partial charge in [0.1, 0.15) is 6.61 Å². The van der Waals surface area contributed by atoms with Crippen LogP contribution in [0.2, 0.25) is 0 Å². The molecule has 0 aliphatic heterocycles. The van der Waals surface area contributed by atoms with E-state index in [-0.39, 0.29) is 12.1 Å². The summed E-state index contributed by atoms with van der Waals surface area (Å²) in [5, 5.41) is 3.05. The van der Waals surface area contributed by atoms with Gasteiger partial charge in [-0.2, -0.15) is 0 Å². The van der Waals surface area contributed by atoms with Crippen LogP contribution < -0.4 is 5.32 Å². The smallest absolute Gasteiger partial charge is 0.407 e. The van der Waals surface area contributed by atoms with Crippen LogP contribution >= 0.6 is 0 Å². The van der Waals surface area contributed by atoms with Crippen LogP contribution in [0.4, 0.5) is 4.79 Å². The first-order valence-corrected chi connectivity index (χ1v) is 8.80. The highest BCUT2D eigenvalue weighted by Crippen LogP contribution is 2.59. The maximum atomic E-state index is 12.2. The Morgan fingerprint density at radius 2 is 2.17 bits per heavy atom. The van der Waals surface area contributed by atoms with Crippen molar-refractivity contribution >= 4 is 6.09 Å². The Labute approximate surface area is 144 Å². The fourth-order valence-electron chi connectivity index (χ4n) is 4.14. The molecule has 0 spiro atoms. The number of carbonyl (C=O) groups excluding carboxylic acids is 1. The summed E-state index contributed by atoms with van der Waals surface area (Å²) in [5.41, 5.74) is 2.70. The summed E-state index contributed by atoms with van der Waals surface area (Å²) < 4.78 is 5.38. The fraction of sp³-hybridized carbons (Fsp3) is 0.476. The molecule has 0 saturated heterocycles. The lowest BCUT2D eigenvalue weighted by Gasteiger charge is -2.57. The van der Waals surface area contributed by atoms with E-state index in [1.54, 1.807) is 0 Å². The summed E-state index contributed by atoms with van der Waals surface area (Å²) in [5.74, 6) is 1.36. The van der Waals surface area contributed by atoms with E-state index in [0.29, 0.717) is 17.9 Å². The van der Waals surface area contributed by atoms with Gasteiger partial charge in [0.15, 0.2) is 0 Å². The first kappa shape index (κ1) is 16.8. The van der Waals surface area contributed by atoms with Crippen LogP contribution in [-0.4, -0.2) is 12.1 Å². The molecule has 1 amide bonds. The fourth-order valence-corrected chi connectivity index (χ4v) is 4.14. The van der Waals surface area contributed by atoms with Crippen LogP contribution in [0.25, 0.3) is 0 Å². The SMILES string of the molecule is C=CCC(NC(=O)OCc1ccccc1)C1=CC[C@H]2C[C@@H]1C2(C)C. The molecular formula is C21H27NO2. The van der Waals surface area contributed by atoms with Gasteiger partial charge in [-0.1, -0.05) is 56.3 Å². The number of rotatable bonds is 6. The Kier molecular flexibility index (Phi) is 4.79. The maximum absolute atomic E-state index is 12.2. The zero-order valence-electron chi connectivity index (χ0n) is 14.6. The molecule has 4 rings (SSSR count). The summed E-state index contributed by atoms with van der Waals surface area (Å²) in [4.78, 5) is 12.2. The zero-order chi connectivity index (χ0) is 17.2. The standard InChI is InChI=1S/C21H27NO2/c1-4-8-19(17-12-11-16-13-18(17)21(16,2)3)22-20(23)24-14-15-9-6-5-7-10-15/h4-7,9-10,12,16,18-19H,1,8,11,13-14H2,2-3H3,(H,22,23)/t16-,18-,19?/m0/s1. The lowest BCUT2D eigenvalue weighted by atomic mass is 9.48. The minimum Gasteiger partial charge on any atom is -0.445 e. The first-order chi connectivity index (χ1) is 11.5. The summed E-state index contributed by atoms with van der Waals surface area (Å²) in [6, 6.07) is 9.74. The van der Waals surface area contributed by atoms with E-state index < -0.39 is 0 Å². The summed E-state index contributed by atoms with van der Waals surface area (Å²) >= 11 is 0. The summed E-state index contributed by atoms with van der Waals surface area (Å²) in [6.45, 7) is 8.84. The van der Waals surface area contributed by atoms with E-state index in [9.17, 15) is 4.79 Å². The van der Waals surface area contributed by atoms with Gasteiger partial charge in [-0.15, -0.1) is 6.58 Å². The summed E-state index contributed by atoms with van der Waals surface area (Å²) in [6.07, 6.45) is 6.95. The van der Waals surface area contributed by atoms with Crippen LogP contribution in [-0.2, 0) is 11.3 Å². The van der Waals surface area contributed by atoms with Crippen molar-refractivity contribution in [1.29, 1.82) is 0 Å². The number of nitrogens with one attached hydrogen (secondary N) is 1. The molecule has 128 valence electrons. The Hall–Kier alpha value is -2.03. The number of ether oxygens (including phenoxy) is 1. The molecule has 2 bridgehead atoms. The van der Waals surface area contributed by atoms with Crippen molar-refractivity contribution in [2.45, 2.75) is 45.8 Å². The van der Waals surface area contributed by atoms with Gasteiger partial charge in [-0.25, -0.2) is 4.79 Å². The molecule has 1 aromatic rings. The van der Waals surface area contributed by atoms with E-state index in [4.69, 9.17) is 4.74 Å². The highest BCUT2D eigenvalue weighted by Gasteiger charge is 2.52. The average molecular weight is 325 g/mol. The molecule has 0 radical (unpaired) electrons. The number of amides is 1. The van der Waals surface area contributed by atoms with Crippen LogP contribution in [0, 0.1) is 17.3 Å². The molecule has 24 heavy (non-hydrogen) atoms. The topological polar surface area (TPSA) is 38.3 Å². The molecular weight excluding hydrogens is 298 g/mol. The lowest BCUT2D eigenvalue weighted by Crippen LogP contribution is -2.52. The lowest BCUT2D eigenvalue weighted by molar-refractivity contribution is -0.0109. The minimum atomic E-state index is -0.356. The Morgan fingerprint density at radius 1 is 1.42 bits per heavy atom. The van der Waals surface area contributed by atoms with Gasteiger partial charge in [0.25, 0.3) is 0 Å². The number of hydrogen-bond acceptors (Lipinski definition) is 2. The second-order valence-corrected chi connectivity index (χ2v) is 7.53. The molecule has 3 nitrogen and oxygen atoms in total. The van der Waals surface area contributed by atoms with E-state index in [1.165, 1.54) is 12.0 Å². The molecule has 1 unspecified atom stereocenters. The van der Waals surface area contributed by atoms with Crippen molar-refractivity contribution in [1.82, 2.24) is 5.32 Å². The second kappa shape index (κ2) is 6.84. The molecule has 1 aromatic carbocycles. The molecule has 3 heteroatoms. The highest BCUT2D eigenvalue weighted by atomic mass is 16.5. The normalized spacial score (nSPS) is 25.0. The van der Waals surface area contributed by atoms with Crippen molar-refractivity contribution < 1.29 is 9.53 Å².